The van der Waals surface area contributed by atoms with Gasteiger partial charge >= 0.3 is 6.03 Å². The Labute approximate surface area is 238 Å². The highest BCUT2D eigenvalue weighted by Crippen LogP contribution is 2.32. The second kappa shape index (κ2) is 11.1. The zero-order valence-corrected chi connectivity index (χ0v) is 23.1. The smallest absolute Gasteiger partial charge is 0.323 e. The Morgan fingerprint density at radius 1 is 1.05 bits per heavy atom. The maximum Gasteiger partial charge on any atom is 0.323 e. The molecule has 3 N–H and O–H groups in total. The van der Waals surface area contributed by atoms with Gasteiger partial charge in [0, 0.05) is 34.9 Å². The van der Waals surface area contributed by atoms with E-state index in [1.807, 2.05) is 48.0 Å². The minimum atomic E-state index is -0.448. The predicted molar refractivity (Wildman–Crippen MR) is 157 cm³/mol. The number of carbonyl (C=O) groups excluding carboxylic acids is 3. The van der Waals surface area contributed by atoms with E-state index in [9.17, 15) is 14.4 Å². The summed E-state index contributed by atoms with van der Waals surface area (Å²) in [7, 11) is 1.54. The molecule has 1 aliphatic heterocycles. The number of rotatable bonds is 6. The summed E-state index contributed by atoms with van der Waals surface area (Å²) in [5.41, 5.74) is 4.57. The third-order valence-corrected chi connectivity index (χ3v) is 7.59. The molecule has 1 fully saturated rings. The molecule has 8 nitrogen and oxygen atoms in total. The molecule has 0 spiro atoms. The van der Waals surface area contributed by atoms with Gasteiger partial charge in [-0.2, -0.15) is 0 Å². The van der Waals surface area contributed by atoms with Crippen LogP contribution in [-0.2, 0) is 11.3 Å². The number of hydrogen-bond donors (Lipinski definition) is 3. The summed E-state index contributed by atoms with van der Waals surface area (Å²) in [6.45, 7) is 2.42. The van der Waals surface area contributed by atoms with Crippen molar-refractivity contribution in [2.24, 2.45) is 0 Å². The van der Waals surface area contributed by atoms with Crippen LogP contribution < -0.4 is 20.7 Å². The lowest BCUT2D eigenvalue weighted by molar-refractivity contribution is -0.115. The number of fused-ring (bicyclic) bond motifs is 1. The monoisotopic (exact) mass is 580 g/mol. The van der Waals surface area contributed by atoms with E-state index in [-0.39, 0.29) is 4.91 Å². The highest BCUT2D eigenvalue weighted by molar-refractivity contribution is 8.18. The number of aryl methyl sites for hydroxylation is 1. The summed E-state index contributed by atoms with van der Waals surface area (Å²) in [6, 6.07) is 16.0. The van der Waals surface area contributed by atoms with Crippen LogP contribution in [0, 0.1) is 6.92 Å². The molecule has 198 valence electrons. The van der Waals surface area contributed by atoms with E-state index in [2.05, 4.69) is 16.0 Å². The van der Waals surface area contributed by atoms with Gasteiger partial charge in [-0.1, -0.05) is 35.3 Å². The van der Waals surface area contributed by atoms with E-state index in [1.54, 1.807) is 37.5 Å². The number of methoxy groups -OCH3 is 1. The van der Waals surface area contributed by atoms with Crippen LogP contribution in [0.2, 0.25) is 10.0 Å². The lowest BCUT2D eigenvalue weighted by Gasteiger charge is -2.12. The van der Waals surface area contributed by atoms with Gasteiger partial charge in [-0.15, -0.1) is 0 Å². The molecule has 4 amide bonds. The Morgan fingerprint density at radius 2 is 1.87 bits per heavy atom. The molecule has 0 atom stereocenters. The van der Waals surface area contributed by atoms with E-state index in [0.717, 1.165) is 33.8 Å². The number of anilines is 2. The van der Waals surface area contributed by atoms with Crippen LogP contribution in [0.3, 0.4) is 0 Å². The van der Waals surface area contributed by atoms with Crippen LogP contribution in [-0.4, -0.2) is 28.9 Å². The lowest BCUT2D eigenvalue weighted by Crippen LogP contribution is -2.19. The highest BCUT2D eigenvalue weighted by atomic mass is 35.5. The SMILES string of the molecule is COc1cc(C)ccc1NC(=O)Nc1ccc2c(c1)c(C=C1SC(=O)NC1=O)cn2Cc1ccc(Cl)c(Cl)c1. The van der Waals surface area contributed by atoms with Crippen LogP contribution >= 0.6 is 35.0 Å². The standard InChI is InChI=1S/C28H22Cl2N4O4S/c1-15-3-7-22(24(9-15)38-2)32-27(36)31-18-5-8-23-19(12-18)17(11-25-26(35)33-28(37)39-25)14-34(23)13-16-4-6-20(29)21(30)10-16/h3-12,14H,13H2,1-2H3,(H2,31,32,36)(H,33,35,37). The molecule has 11 heteroatoms. The van der Waals surface area contributed by atoms with Crippen molar-refractivity contribution >= 4 is 80.5 Å². The molecule has 0 saturated carbocycles. The third kappa shape index (κ3) is 5.90. The van der Waals surface area contributed by atoms with Crippen molar-refractivity contribution in [1.29, 1.82) is 0 Å². The first-order chi connectivity index (χ1) is 18.7. The Kier molecular flexibility index (Phi) is 7.56. The topological polar surface area (TPSA) is 101 Å². The minimum Gasteiger partial charge on any atom is -0.495 e. The number of hydrogen-bond acceptors (Lipinski definition) is 5. The fourth-order valence-electron chi connectivity index (χ4n) is 4.23. The van der Waals surface area contributed by atoms with Crippen LogP contribution in [0.25, 0.3) is 17.0 Å². The van der Waals surface area contributed by atoms with E-state index >= 15 is 0 Å². The number of amides is 4. The van der Waals surface area contributed by atoms with Crippen LogP contribution in [0.5, 0.6) is 5.75 Å². The number of nitrogens with zero attached hydrogens (tertiary/aromatic N) is 1. The number of benzene rings is 3. The average molecular weight is 581 g/mol. The van der Waals surface area contributed by atoms with Gasteiger partial charge in [0.15, 0.2) is 0 Å². The van der Waals surface area contributed by atoms with E-state index in [0.29, 0.717) is 39.3 Å². The maximum absolute atomic E-state index is 12.8. The molecule has 0 unspecified atom stereocenters. The number of thioether (sulfide) groups is 1. The molecule has 0 radical (unpaired) electrons. The first-order valence-electron chi connectivity index (χ1n) is 11.7. The van der Waals surface area contributed by atoms with Crippen molar-refractivity contribution < 1.29 is 19.1 Å². The molecule has 0 aliphatic carbocycles. The number of carbonyl (C=O) groups is 3. The summed E-state index contributed by atoms with van der Waals surface area (Å²) >= 11 is 13.1. The maximum atomic E-state index is 12.8. The van der Waals surface area contributed by atoms with E-state index in [4.69, 9.17) is 27.9 Å². The van der Waals surface area contributed by atoms with Crippen LogP contribution in [0.15, 0.2) is 65.7 Å². The summed E-state index contributed by atoms with van der Waals surface area (Å²) in [5.74, 6) is 0.104. The fraction of sp³-hybridized carbons (Fsp3) is 0.107. The molecule has 1 aromatic heterocycles. The number of halogens is 2. The van der Waals surface area contributed by atoms with Crippen molar-refractivity contribution in [2.45, 2.75) is 13.5 Å². The van der Waals surface area contributed by atoms with Gasteiger partial charge < -0.3 is 19.9 Å². The summed E-state index contributed by atoms with van der Waals surface area (Å²) < 4.78 is 7.37. The van der Waals surface area contributed by atoms with Crippen LogP contribution in [0.4, 0.5) is 21.0 Å². The molecule has 3 aromatic carbocycles. The zero-order valence-electron chi connectivity index (χ0n) is 20.8. The Balaban J connectivity index is 1.48. The molecule has 1 saturated heterocycles. The lowest BCUT2D eigenvalue weighted by atomic mass is 10.1. The van der Waals surface area contributed by atoms with Crippen molar-refractivity contribution in [1.82, 2.24) is 9.88 Å². The highest BCUT2D eigenvalue weighted by Gasteiger charge is 2.25. The van der Waals surface area contributed by atoms with Crippen molar-refractivity contribution in [3.05, 3.63) is 92.4 Å². The molecule has 5 rings (SSSR count). The van der Waals surface area contributed by atoms with Gasteiger partial charge in [0.2, 0.25) is 0 Å². The molecule has 1 aliphatic rings. The largest absolute Gasteiger partial charge is 0.495 e. The van der Waals surface area contributed by atoms with Crippen molar-refractivity contribution in [3.63, 3.8) is 0 Å². The molecule has 39 heavy (non-hydrogen) atoms. The summed E-state index contributed by atoms with van der Waals surface area (Å²) in [4.78, 5) is 37.0. The minimum absolute atomic E-state index is 0.288. The Morgan fingerprint density at radius 3 is 2.59 bits per heavy atom. The van der Waals surface area contributed by atoms with Gasteiger partial charge in [-0.25, -0.2) is 4.79 Å². The predicted octanol–water partition coefficient (Wildman–Crippen LogP) is 7.28. The molecule has 4 aromatic rings. The first-order valence-corrected chi connectivity index (χ1v) is 13.3. The Hall–Kier alpha value is -3.92. The van der Waals surface area contributed by atoms with Crippen molar-refractivity contribution in [3.8, 4) is 5.75 Å². The van der Waals surface area contributed by atoms with Crippen molar-refractivity contribution in [2.75, 3.05) is 17.7 Å². The van der Waals surface area contributed by atoms with Gasteiger partial charge in [-0.3, -0.25) is 14.9 Å². The molecular formula is C28H22Cl2N4O4S. The number of ether oxygens (including phenoxy) is 1. The molecular weight excluding hydrogens is 559 g/mol. The number of urea groups is 1. The van der Waals surface area contributed by atoms with Gasteiger partial charge in [-0.05, 0) is 78.4 Å². The fourth-order valence-corrected chi connectivity index (χ4v) is 5.23. The van der Waals surface area contributed by atoms with Gasteiger partial charge in [0.05, 0.1) is 27.7 Å². The second-order valence-electron chi connectivity index (χ2n) is 8.83. The normalized spacial score (nSPS) is 14.1. The average Bonchev–Trinajstić information content (AvgIpc) is 3.40. The third-order valence-electron chi connectivity index (χ3n) is 6.04. The number of aromatic nitrogens is 1. The first kappa shape index (κ1) is 26.7. The summed E-state index contributed by atoms with van der Waals surface area (Å²) in [6.07, 6.45) is 3.55. The Bertz CT molecular complexity index is 1680. The molecule has 0 bridgehead atoms. The quantitative estimate of drug-likeness (QED) is 0.208. The zero-order chi connectivity index (χ0) is 27.7. The number of imide groups is 1. The van der Waals surface area contributed by atoms with Gasteiger partial charge in [0.25, 0.3) is 11.1 Å². The van der Waals surface area contributed by atoms with E-state index in [1.165, 1.54) is 0 Å². The molecule has 2 heterocycles. The second-order valence-corrected chi connectivity index (χ2v) is 10.7. The number of nitrogens with one attached hydrogen (secondary N) is 3. The van der Waals surface area contributed by atoms with Crippen LogP contribution in [0.1, 0.15) is 16.7 Å². The van der Waals surface area contributed by atoms with E-state index < -0.39 is 17.2 Å². The summed E-state index contributed by atoms with van der Waals surface area (Å²) in [5, 5.41) is 9.21. The van der Waals surface area contributed by atoms with Gasteiger partial charge in [0.1, 0.15) is 5.75 Å².